The van der Waals surface area contributed by atoms with E-state index in [1.165, 1.54) is 0 Å². The van der Waals surface area contributed by atoms with Gasteiger partial charge in [0.2, 0.25) is 6.79 Å². The van der Waals surface area contributed by atoms with Gasteiger partial charge < -0.3 is 19.7 Å². The highest BCUT2D eigenvalue weighted by Gasteiger charge is 2.31. The first-order valence-electron chi connectivity index (χ1n) is 7.69. The highest BCUT2D eigenvalue weighted by molar-refractivity contribution is 5.90. The second-order valence-electron chi connectivity index (χ2n) is 5.60. The molecule has 23 heavy (non-hydrogen) atoms. The molecule has 0 saturated carbocycles. The number of rotatable bonds is 2. The van der Waals surface area contributed by atoms with Crippen molar-refractivity contribution in [3.63, 3.8) is 0 Å². The molecule has 0 bridgehead atoms. The minimum atomic E-state index is -0.114. The van der Waals surface area contributed by atoms with Crippen LogP contribution in [0.15, 0.2) is 42.6 Å². The molecular weight excluding hydrogens is 294 g/mol. The molecule has 2 aliphatic rings. The van der Waals surface area contributed by atoms with Gasteiger partial charge in [0.1, 0.15) is 0 Å². The van der Waals surface area contributed by atoms with Crippen LogP contribution in [0.1, 0.15) is 24.6 Å². The summed E-state index contributed by atoms with van der Waals surface area (Å²) < 4.78 is 10.6. The molecular formula is C17H17N3O3. The van der Waals surface area contributed by atoms with E-state index in [4.69, 9.17) is 9.47 Å². The number of urea groups is 1. The summed E-state index contributed by atoms with van der Waals surface area (Å²) in [5, 5.41) is 2.94. The number of hydrogen-bond acceptors (Lipinski definition) is 4. The number of aromatic nitrogens is 1. The number of carbonyl (C=O) groups is 1. The second kappa shape index (κ2) is 5.79. The van der Waals surface area contributed by atoms with Crippen LogP contribution in [-0.4, -0.2) is 29.3 Å². The minimum Gasteiger partial charge on any atom is -0.454 e. The molecule has 2 aromatic rings. The molecule has 1 fully saturated rings. The van der Waals surface area contributed by atoms with E-state index in [0.29, 0.717) is 17.2 Å². The molecule has 1 N–H and O–H groups in total. The molecule has 1 saturated heterocycles. The molecule has 1 aromatic carbocycles. The number of anilines is 1. The molecule has 2 aliphatic heterocycles. The quantitative estimate of drug-likeness (QED) is 0.925. The Morgan fingerprint density at radius 3 is 3.00 bits per heavy atom. The fraction of sp³-hybridized carbons (Fsp3) is 0.294. The van der Waals surface area contributed by atoms with Crippen molar-refractivity contribution in [2.24, 2.45) is 0 Å². The maximum absolute atomic E-state index is 12.6. The van der Waals surface area contributed by atoms with Crippen LogP contribution >= 0.6 is 0 Å². The lowest BCUT2D eigenvalue weighted by Gasteiger charge is -2.24. The van der Waals surface area contributed by atoms with E-state index >= 15 is 0 Å². The van der Waals surface area contributed by atoms with Crippen molar-refractivity contribution in [2.45, 2.75) is 18.9 Å². The maximum atomic E-state index is 12.6. The average molecular weight is 311 g/mol. The predicted molar refractivity (Wildman–Crippen MR) is 84.5 cm³/mol. The Balaban J connectivity index is 1.50. The summed E-state index contributed by atoms with van der Waals surface area (Å²) in [5.41, 5.74) is 1.64. The Morgan fingerprint density at radius 2 is 2.13 bits per heavy atom. The first-order valence-corrected chi connectivity index (χ1v) is 7.69. The Kier molecular flexibility index (Phi) is 3.49. The summed E-state index contributed by atoms with van der Waals surface area (Å²) in [5.74, 6) is 1.36. The molecule has 3 heterocycles. The van der Waals surface area contributed by atoms with Crippen LogP contribution in [-0.2, 0) is 0 Å². The third-order valence-corrected chi connectivity index (χ3v) is 4.17. The van der Waals surface area contributed by atoms with Gasteiger partial charge in [0.05, 0.1) is 11.7 Å². The minimum absolute atomic E-state index is 0.0326. The van der Waals surface area contributed by atoms with Crippen LogP contribution in [0.25, 0.3) is 0 Å². The molecule has 4 rings (SSSR count). The van der Waals surface area contributed by atoms with Gasteiger partial charge in [0, 0.05) is 24.5 Å². The van der Waals surface area contributed by atoms with Gasteiger partial charge in [0.25, 0.3) is 0 Å². The highest BCUT2D eigenvalue weighted by atomic mass is 16.7. The number of hydrogen-bond donors (Lipinski definition) is 1. The van der Waals surface area contributed by atoms with Crippen LogP contribution in [0, 0.1) is 0 Å². The van der Waals surface area contributed by atoms with Crippen LogP contribution in [0.4, 0.5) is 10.5 Å². The van der Waals surface area contributed by atoms with Crippen LogP contribution in [0.2, 0.25) is 0 Å². The number of likely N-dealkylation sites (tertiary alicyclic amines) is 1. The molecule has 6 nitrogen and oxygen atoms in total. The van der Waals surface area contributed by atoms with E-state index in [9.17, 15) is 4.79 Å². The van der Waals surface area contributed by atoms with Crippen molar-refractivity contribution >= 4 is 11.7 Å². The highest BCUT2D eigenvalue weighted by Crippen LogP contribution is 2.35. The van der Waals surface area contributed by atoms with E-state index in [1.807, 2.05) is 29.2 Å². The summed E-state index contributed by atoms with van der Waals surface area (Å²) >= 11 is 0. The molecule has 0 unspecified atom stereocenters. The van der Waals surface area contributed by atoms with E-state index in [-0.39, 0.29) is 18.9 Å². The predicted octanol–water partition coefficient (Wildman–Crippen LogP) is 3.18. The van der Waals surface area contributed by atoms with Crippen molar-refractivity contribution in [2.75, 3.05) is 18.7 Å². The Morgan fingerprint density at radius 1 is 1.22 bits per heavy atom. The van der Waals surface area contributed by atoms with E-state index < -0.39 is 0 Å². The standard InChI is InChI=1S/C17H17N3O3/c21-17(19-12-6-7-15-16(10-12)23-11-22-15)20-9-3-5-14(20)13-4-1-2-8-18-13/h1-2,4,6-8,10,14H,3,5,9,11H2,(H,19,21)/t14-/m0/s1. The molecule has 0 spiro atoms. The molecule has 0 aliphatic carbocycles. The van der Waals surface area contributed by atoms with Gasteiger partial charge in [-0.2, -0.15) is 0 Å². The number of benzene rings is 1. The van der Waals surface area contributed by atoms with Gasteiger partial charge in [0.15, 0.2) is 11.5 Å². The van der Waals surface area contributed by atoms with Crippen LogP contribution in [0.3, 0.4) is 0 Å². The van der Waals surface area contributed by atoms with Crippen molar-refractivity contribution in [3.05, 3.63) is 48.3 Å². The first kappa shape index (κ1) is 13.9. The summed E-state index contributed by atoms with van der Waals surface area (Å²) in [4.78, 5) is 18.8. The fourth-order valence-electron chi connectivity index (χ4n) is 3.06. The van der Waals surface area contributed by atoms with E-state index in [2.05, 4.69) is 10.3 Å². The van der Waals surface area contributed by atoms with Gasteiger partial charge in [-0.05, 0) is 37.1 Å². The van der Waals surface area contributed by atoms with Gasteiger partial charge in [-0.3, -0.25) is 4.98 Å². The number of ether oxygens (including phenoxy) is 2. The SMILES string of the molecule is O=C(Nc1ccc2c(c1)OCO2)N1CCC[C@H]1c1ccccn1. The number of nitrogens with one attached hydrogen (secondary N) is 1. The van der Waals surface area contributed by atoms with Gasteiger partial charge in [-0.15, -0.1) is 0 Å². The Labute approximate surface area is 134 Å². The van der Waals surface area contributed by atoms with Crippen LogP contribution in [0.5, 0.6) is 11.5 Å². The zero-order chi connectivity index (χ0) is 15.6. The number of pyridine rings is 1. The second-order valence-corrected chi connectivity index (χ2v) is 5.60. The first-order chi connectivity index (χ1) is 11.3. The lowest BCUT2D eigenvalue weighted by molar-refractivity contribution is 0.174. The summed E-state index contributed by atoms with van der Waals surface area (Å²) in [6, 6.07) is 11.1. The Hall–Kier alpha value is -2.76. The number of carbonyl (C=O) groups excluding carboxylic acids is 1. The van der Waals surface area contributed by atoms with E-state index in [1.54, 1.807) is 18.3 Å². The van der Waals surface area contributed by atoms with Gasteiger partial charge in [-0.25, -0.2) is 4.79 Å². The van der Waals surface area contributed by atoms with Crippen molar-refractivity contribution < 1.29 is 14.3 Å². The zero-order valence-electron chi connectivity index (χ0n) is 12.6. The van der Waals surface area contributed by atoms with Crippen LogP contribution < -0.4 is 14.8 Å². The van der Waals surface area contributed by atoms with E-state index in [0.717, 1.165) is 25.1 Å². The topological polar surface area (TPSA) is 63.7 Å². The largest absolute Gasteiger partial charge is 0.454 e. The zero-order valence-corrected chi connectivity index (χ0v) is 12.6. The summed E-state index contributed by atoms with van der Waals surface area (Å²) in [6.07, 6.45) is 3.68. The van der Waals surface area contributed by atoms with Crippen molar-refractivity contribution in [3.8, 4) is 11.5 Å². The summed E-state index contributed by atoms with van der Waals surface area (Å²) in [7, 11) is 0. The summed E-state index contributed by atoms with van der Waals surface area (Å²) in [6.45, 7) is 0.957. The third-order valence-electron chi connectivity index (χ3n) is 4.17. The Bertz CT molecular complexity index is 720. The monoisotopic (exact) mass is 311 g/mol. The lowest BCUT2D eigenvalue weighted by atomic mass is 10.1. The molecule has 6 heteroatoms. The third kappa shape index (κ3) is 2.67. The lowest BCUT2D eigenvalue weighted by Crippen LogP contribution is -2.34. The molecule has 0 radical (unpaired) electrons. The average Bonchev–Trinajstić information content (AvgIpc) is 3.24. The van der Waals surface area contributed by atoms with Crippen molar-refractivity contribution in [1.82, 2.24) is 9.88 Å². The number of amides is 2. The van der Waals surface area contributed by atoms with Crippen molar-refractivity contribution in [1.29, 1.82) is 0 Å². The normalized spacial score (nSPS) is 19.0. The molecule has 118 valence electrons. The smallest absolute Gasteiger partial charge is 0.322 e. The number of fused-ring (bicyclic) bond motifs is 1. The number of nitrogens with zero attached hydrogens (tertiary/aromatic N) is 2. The molecule has 1 atom stereocenters. The fourth-order valence-corrected chi connectivity index (χ4v) is 3.06. The molecule has 1 aromatic heterocycles. The van der Waals surface area contributed by atoms with Gasteiger partial charge in [-0.1, -0.05) is 6.07 Å². The molecule has 2 amide bonds. The maximum Gasteiger partial charge on any atom is 0.322 e. The van der Waals surface area contributed by atoms with Gasteiger partial charge >= 0.3 is 6.03 Å².